The van der Waals surface area contributed by atoms with Gasteiger partial charge in [0.1, 0.15) is 6.07 Å². The third-order valence-corrected chi connectivity index (χ3v) is 2.68. The Morgan fingerprint density at radius 1 is 1.33 bits per heavy atom. The molecule has 0 spiro atoms. The van der Waals surface area contributed by atoms with Gasteiger partial charge >= 0.3 is 0 Å². The van der Waals surface area contributed by atoms with Gasteiger partial charge in [-0.25, -0.2) is 0 Å². The van der Waals surface area contributed by atoms with E-state index in [0.717, 1.165) is 12.1 Å². The van der Waals surface area contributed by atoms with Crippen LogP contribution in [0.3, 0.4) is 0 Å². The molecule has 98 valence electrons. The van der Waals surface area contributed by atoms with Crippen molar-refractivity contribution < 1.29 is 9.47 Å². The van der Waals surface area contributed by atoms with E-state index in [9.17, 15) is 0 Å². The van der Waals surface area contributed by atoms with Crippen LogP contribution in [0.15, 0.2) is 18.2 Å². The predicted molar refractivity (Wildman–Crippen MR) is 70.8 cm³/mol. The van der Waals surface area contributed by atoms with E-state index in [1.807, 2.05) is 24.3 Å². The largest absolute Gasteiger partial charge is 0.493 e. The van der Waals surface area contributed by atoms with Crippen molar-refractivity contribution in [2.75, 3.05) is 13.7 Å². The molecule has 0 aromatic heterocycles. The van der Waals surface area contributed by atoms with Gasteiger partial charge in [0.15, 0.2) is 17.6 Å². The van der Waals surface area contributed by atoms with E-state index in [1.54, 1.807) is 14.0 Å². The van der Waals surface area contributed by atoms with Crippen LogP contribution in [0, 0.1) is 11.3 Å². The molecule has 0 aliphatic heterocycles. The molecule has 0 aliphatic rings. The molecule has 0 aliphatic carbocycles. The second-order valence-electron chi connectivity index (χ2n) is 4.08. The number of methoxy groups -OCH3 is 1. The SMILES string of the molecule is CCNC(C)c1ccc(OC(C)C#N)c(OC)c1. The van der Waals surface area contributed by atoms with Crippen molar-refractivity contribution in [2.45, 2.75) is 32.9 Å². The molecule has 4 heteroatoms. The molecule has 0 heterocycles. The number of hydrogen-bond donors (Lipinski definition) is 1. The number of nitrogens with one attached hydrogen (secondary N) is 1. The summed E-state index contributed by atoms with van der Waals surface area (Å²) in [6.07, 6.45) is -0.490. The second-order valence-corrected chi connectivity index (χ2v) is 4.08. The summed E-state index contributed by atoms with van der Waals surface area (Å²) in [4.78, 5) is 0. The van der Waals surface area contributed by atoms with Crippen LogP contribution in [-0.4, -0.2) is 19.8 Å². The average Bonchev–Trinajstić information content (AvgIpc) is 2.39. The molecule has 1 N–H and O–H groups in total. The third kappa shape index (κ3) is 3.64. The number of ether oxygens (including phenoxy) is 2. The minimum absolute atomic E-state index is 0.256. The Morgan fingerprint density at radius 2 is 2.06 bits per heavy atom. The molecule has 0 saturated heterocycles. The van der Waals surface area contributed by atoms with Crippen molar-refractivity contribution in [2.24, 2.45) is 0 Å². The lowest BCUT2D eigenvalue weighted by Crippen LogP contribution is -2.17. The van der Waals surface area contributed by atoms with Crippen LogP contribution in [-0.2, 0) is 0 Å². The zero-order valence-corrected chi connectivity index (χ0v) is 11.4. The molecule has 18 heavy (non-hydrogen) atoms. The number of benzene rings is 1. The first-order chi connectivity index (χ1) is 8.62. The number of nitriles is 1. The summed E-state index contributed by atoms with van der Waals surface area (Å²) in [6, 6.07) is 8.05. The Kier molecular flexibility index (Phi) is 5.47. The Balaban J connectivity index is 2.93. The second kappa shape index (κ2) is 6.87. The van der Waals surface area contributed by atoms with Crippen molar-refractivity contribution in [3.8, 4) is 17.6 Å². The molecule has 2 unspecified atom stereocenters. The first kappa shape index (κ1) is 14.3. The molecule has 0 saturated carbocycles. The van der Waals surface area contributed by atoms with E-state index in [1.165, 1.54) is 0 Å². The van der Waals surface area contributed by atoms with Gasteiger partial charge in [-0.05, 0) is 38.1 Å². The summed E-state index contributed by atoms with van der Waals surface area (Å²) < 4.78 is 10.8. The number of nitrogens with zero attached hydrogens (tertiary/aromatic N) is 1. The van der Waals surface area contributed by atoms with Crippen molar-refractivity contribution in [3.05, 3.63) is 23.8 Å². The minimum atomic E-state index is -0.490. The summed E-state index contributed by atoms with van der Waals surface area (Å²) >= 11 is 0. The molecular formula is C14H20N2O2. The van der Waals surface area contributed by atoms with Gasteiger partial charge in [0.2, 0.25) is 0 Å². The first-order valence-electron chi connectivity index (χ1n) is 6.10. The summed E-state index contributed by atoms with van der Waals surface area (Å²) in [5, 5.41) is 12.1. The van der Waals surface area contributed by atoms with Crippen LogP contribution in [0.5, 0.6) is 11.5 Å². The highest BCUT2D eigenvalue weighted by molar-refractivity contribution is 5.44. The summed E-state index contributed by atoms with van der Waals surface area (Å²) in [6.45, 7) is 6.78. The summed E-state index contributed by atoms with van der Waals surface area (Å²) in [7, 11) is 1.60. The maximum Gasteiger partial charge on any atom is 0.181 e. The Labute approximate surface area is 109 Å². The van der Waals surface area contributed by atoms with Gasteiger partial charge in [0, 0.05) is 6.04 Å². The van der Waals surface area contributed by atoms with Crippen molar-refractivity contribution >= 4 is 0 Å². The van der Waals surface area contributed by atoms with Gasteiger partial charge in [-0.3, -0.25) is 0 Å². The number of rotatable bonds is 6. The van der Waals surface area contributed by atoms with Gasteiger partial charge in [-0.2, -0.15) is 5.26 Å². The van der Waals surface area contributed by atoms with E-state index < -0.39 is 6.10 Å². The lowest BCUT2D eigenvalue weighted by atomic mass is 10.1. The fourth-order valence-electron chi connectivity index (χ4n) is 1.69. The van der Waals surface area contributed by atoms with E-state index >= 15 is 0 Å². The van der Waals surface area contributed by atoms with Gasteiger partial charge in [-0.15, -0.1) is 0 Å². The molecule has 1 rings (SSSR count). The Morgan fingerprint density at radius 3 is 2.61 bits per heavy atom. The molecule has 0 bridgehead atoms. The number of hydrogen-bond acceptors (Lipinski definition) is 4. The molecule has 4 nitrogen and oxygen atoms in total. The quantitative estimate of drug-likeness (QED) is 0.841. The van der Waals surface area contributed by atoms with Gasteiger partial charge in [0.05, 0.1) is 7.11 Å². The van der Waals surface area contributed by atoms with E-state index in [0.29, 0.717) is 11.5 Å². The van der Waals surface area contributed by atoms with Crippen molar-refractivity contribution in [1.29, 1.82) is 5.26 Å². The Bertz CT molecular complexity index is 426. The highest BCUT2D eigenvalue weighted by Crippen LogP contribution is 2.30. The molecule has 0 radical (unpaired) electrons. The molecule has 2 atom stereocenters. The fourth-order valence-corrected chi connectivity index (χ4v) is 1.69. The molecule has 0 fully saturated rings. The van der Waals surface area contributed by atoms with Gasteiger partial charge < -0.3 is 14.8 Å². The van der Waals surface area contributed by atoms with Gasteiger partial charge in [-0.1, -0.05) is 13.0 Å². The summed E-state index contributed by atoms with van der Waals surface area (Å²) in [5.41, 5.74) is 1.13. The molecular weight excluding hydrogens is 228 g/mol. The average molecular weight is 248 g/mol. The highest BCUT2D eigenvalue weighted by Gasteiger charge is 2.11. The molecule has 0 amide bonds. The highest BCUT2D eigenvalue weighted by atomic mass is 16.5. The third-order valence-electron chi connectivity index (χ3n) is 2.68. The normalized spacial score (nSPS) is 13.5. The fraction of sp³-hybridized carbons (Fsp3) is 0.500. The predicted octanol–water partition coefficient (Wildman–Crippen LogP) is 2.66. The maximum atomic E-state index is 8.75. The lowest BCUT2D eigenvalue weighted by molar-refractivity contribution is 0.260. The smallest absolute Gasteiger partial charge is 0.181 e. The van der Waals surface area contributed by atoms with Crippen LogP contribution in [0.4, 0.5) is 0 Å². The van der Waals surface area contributed by atoms with Crippen LogP contribution in [0.1, 0.15) is 32.4 Å². The van der Waals surface area contributed by atoms with E-state index in [2.05, 4.69) is 19.2 Å². The van der Waals surface area contributed by atoms with Crippen LogP contribution in [0.25, 0.3) is 0 Å². The zero-order chi connectivity index (χ0) is 13.5. The topological polar surface area (TPSA) is 54.3 Å². The first-order valence-corrected chi connectivity index (χ1v) is 6.10. The van der Waals surface area contributed by atoms with Crippen molar-refractivity contribution in [3.63, 3.8) is 0 Å². The van der Waals surface area contributed by atoms with Crippen LogP contribution in [0.2, 0.25) is 0 Å². The van der Waals surface area contributed by atoms with E-state index in [4.69, 9.17) is 14.7 Å². The van der Waals surface area contributed by atoms with Crippen LogP contribution >= 0.6 is 0 Å². The van der Waals surface area contributed by atoms with Gasteiger partial charge in [0.25, 0.3) is 0 Å². The Hall–Kier alpha value is -1.73. The maximum absolute atomic E-state index is 8.75. The molecule has 1 aromatic carbocycles. The lowest BCUT2D eigenvalue weighted by Gasteiger charge is -2.17. The van der Waals surface area contributed by atoms with Crippen LogP contribution < -0.4 is 14.8 Å². The minimum Gasteiger partial charge on any atom is -0.493 e. The zero-order valence-electron chi connectivity index (χ0n) is 11.4. The van der Waals surface area contributed by atoms with E-state index in [-0.39, 0.29) is 6.04 Å². The monoisotopic (exact) mass is 248 g/mol. The van der Waals surface area contributed by atoms with Crippen molar-refractivity contribution in [1.82, 2.24) is 5.32 Å². The molecule has 1 aromatic rings. The standard InChI is InChI=1S/C14H20N2O2/c1-5-16-11(3)12-6-7-13(14(8-12)17-4)18-10(2)9-15/h6-8,10-11,16H,5H2,1-4H3. The summed E-state index contributed by atoms with van der Waals surface area (Å²) in [5.74, 6) is 1.25.